The summed E-state index contributed by atoms with van der Waals surface area (Å²) in [5.74, 6) is 2.18. The second kappa shape index (κ2) is 4.54. The molecule has 0 unspecified atom stereocenters. The Morgan fingerprint density at radius 2 is 1.94 bits per heavy atom. The lowest BCUT2D eigenvalue weighted by Gasteiger charge is -2.43. The molecule has 2 heterocycles. The summed E-state index contributed by atoms with van der Waals surface area (Å²) in [6.45, 7) is 2.10. The third-order valence-electron chi connectivity index (χ3n) is 4.05. The van der Waals surface area contributed by atoms with Gasteiger partial charge in [-0.25, -0.2) is 0 Å². The summed E-state index contributed by atoms with van der Waals surface area (Å²) in [5.41, 5.74) is 2.61. The van der Waals surface area contributed by atoms with Gasteiger partial charge in [-0.2, -0.15) is 0 Å². The maximum atomic E-state index is 6.40. The molecule has 0 spiro atoms. The zero-order valence-electron chi connectivity index (χ0n) is 10.8. The summed E-state index contributed by atoms with van der Waals surface area (Å²) in [7, 11) is 3.36. The van der Waals surface area contributed by atoms with Crippen molar-refractivity contribution in [2.75, 3.05) is 32.2 Å². The monoisotopic (exact) mass is 267 g/mol. The first kappa shape index (κ1) is 12.0. The fourth-order valence-corrected chi connectivity index (χ4v) is 3.33. The van der Waals surface area contributed by atoms with Gasteiger partial charge in [0.05, 0.1) is 14.2 Å². The van der Waals surface area contributed by atoms with Crippen LogP contribution in [0.25, 0.3) is 0 Å². The molecular weight excluding hydrogens is 250 g/mol. The van der Waals surface area contributed by atoms with Gasteiger partial charge in [-0.15, -0.1) is 11.6 Å². The Morgan fingerprint density at radius 3 is 2.67 bits per heavy atom. The van der Waals surface area contributed by atoms with E-state index in [0.717, 1.165) is 37.4 Å². The number of alkyl halides is 1. The van der Waals surface area contributed by atoms with E-state index in [2.05, 4.69) is 17.0 Å². The highest BCUT2D eigenvalue weighted by Gasteiger charge is 2.34. The number of anilines is 1. The molecule has 0 amide bonds. The number of fused-ring (bicyclic) bond motifs is 4. The predicted molar refractivity (Wildman–Crippen MR) is 73.2 cm³/mol. The molecule has 98 valence electrons. The number of methoxy groups -OCH3 is 2. The first-order chi connectivity index (χ1) is 8.72. The van der Waals surface area contributed by atoms with Crippen LogP contribution < -0.4 is 14.4 Å². The SMILES string of the molecule is COc1cc2c(cc1OC)N1CC[C@@H](Cl)[C@@H](C2)C1. The van der Waals surface area contributed by atoms with Gasteiger partial charge >= 0.3 is 0 Å². The van der Waals surface area contributed by atoms with Crippen molar-refractivity contribution in [3.05, 3.63) is 17.7 Å². The molecule has 0 radical (unpaired) electrons. The van der Waals surface area contributed by atoms with E-state index in [1.807, 2.05) is 0 Å². The molecule has 1 fully saturated rings. The molecular formula is C14H18ClNO2. The smallest absolute Gasteiger partial charge is 0.162 e. The van der Waals surface area contributed by atoms with Gasteiger partial charge in [-0.05, 0) is 30.4 Å². The maximum absolute atomic E-state index is 6.40. The lowest BCUT2D eigenvalue weighted by molar-refractivity contribution is 0.351. The molecule has 3 rings (SSSR count). The third-order valence-corrected chi connectivity index (χ3v) is 4.62. The standard InChI is InChI=1S/C14H18ClNO2/c1-17-13-6-9-5-10-8-16(4-3-11(10)15)12(9)7-14(13)18-2/h6-7,10-11H,3-5,8H2,1-2H3/t10-,11+/m0/s1. The summed E-state index contributed by atoms with van der Waals surface area (Å²) in [6.07, 6.45) is 2.11. The minimum absolute atomic E-state index is 0.308. The van der Waals surface area contributed by atoms with Gasteiger partial charge in [0.25, 0.3) is 0 Å². The summed E-state index contributed by atoms with van der Waals surface area (Å²) < 4.78 is 10.8. The van der Waals surface area contributed by atoms with Crippen molar-refractivity contribution < 1.29 is 9.47 Å². The molecule has 0 aliphatic carbocycles. The maximum Gasteiger partial charge on any atom is 0.162 e. The summed E-state index contributed by atoms with van der Waals surface area (Å²) >= 11 is 6.40. The molecule has 2 bridgehead atoms. The Hall–Kier alpha value is -1.09. The fourth-order valence-electron chi connectivity index (χ4n) is 3.07. The normalized spacial score (nSPS) is 25.6. The zero-order valence-corrected chi connectivity index (χ0v) is 11.5. The number of rotatable bonds is 2. The molecule has 1 aromatic rings. The second-order valence-corrected chi connectivity index (χ2v) is 5.61. The molecule has 0 N–H and O–H groups in total. The highest BCUT2D eigenvalue weighted by atomic mass is 35.5. The van der Waals surface area contributed by atoms with E-state index in [1.165, 1.54) is 11.3 Å². The Kier molecular flexibility index (Phi) is 3.02. The molecule has 0 aromatic heterocycles. The van der Waals surface area contributed by atoms with Crippen LogP contribution in [-0.2, 0) is 6.42 Å². The van der Waals surface area contributed by atoms with E-state index in [0.29, 0.717) is 11.3 Å². The number of hydrogen-bond acceptors (Lipinski definition) is 3. The van der Waals surface area contributed by atoms with Crippen LogP contribution >= 0.6 is 11.6 Å². The van der Waals surface area contributed by atoms with Crippen LogP contribution in [0.1, 0.15) is 12.0 Å². The average molecular weight is 268 g/mol. The van der Waals surface area contributed by atoms with Crippen molar-refractivity contribution in [2.24, 2.45) is 5.92 Å². The fraction of sp³-hybridized carbons (Fsp3) is 0.571. The lowest BCUT2D eigenvalue weighted by Crippen LogP contribution is -2.45. The van der Waals surface area contributed by atoms with Crippen LogP contribution in [-0.4, -0.2) is 32.7 Å². The van der Waals surface area contributed by atoms with Crippen molar-refractivity contribution >= 4 is 17.3 Å². The number of benzene rings is 1. The Balaban J connectivity index is 2.04. The van der Waals surface area contributed by atoms with Gasteiger partial charge in [0.2, 0.25) is 0 Å². The first-order valence-corrected chi connectivity index (χ1v) is 6.80. The summed E-state index contributed by atoms with van der Waals surface area (Å²) in [5, 5.41) is 0.308. The summed E-state index contributed by atoms with van der Waals surface area (Å²) in [4.78, 5) is 2.42. The highest BCUT2D eigenvalue weighted by molar-refractivity contribution is 6.21. The minimum Gasteiger partial charge on any atom is -0.493 e. The van der Waals surface area contributed by atoms with E-state index in [9.17, 15) is 0 Å². The highest BCUT2D eigenvalue weighted by Crippen LogP contribution is 2.42. The molecule has 3 nitrogen and oxygen atoms in total. The molecule has 18 heavy (non-hydrogen) atoms. The van der Waals surface area contributed by atoms with Crippen LogP contribution in [0.2, 0.25) is 0 Å². The van der Waals surface area contributed by atoms with Crippen LogP contribution in [0.4, 0.5) is 5.69 Å². The third kappa shape index (κ3) is 1.81. The topological polar surface area (TPSA) is 21.7 Å². The molecule has 0 saturated carbocycles. The molecule has 2 atom stereocenters. The molecule has 2 aliphatic heterocycles. The Morgan fingerprint density at radius 1 is 1.22 bits per heavy atom. The van der Waals surface area contributed by atoms with Gasteiger partial charge in [-0.3, -0.25) is 0 Å². The molecule has 1 saturated heterocycles. The largest absolute Gasteiger partial charge is 0.493 e. The van der Waals surface area contributed by atoms with Gasteiger partial charge in [-0.1, -0.05) is 0 Å². The lowest BCUT2D eigenvalue weighted by atomic mass is 9.85. The summed E-state index contributed by atoms with van der Waals surface area (Å²) in [6, 6.07) is 4.20. The van der Waals surface area contributed by atoms with E-state index < -0.39 is 0 Å². The van der Waals surface area contributed by atoms with E-state index in [1.54, 1.807) is 14.2 Å². The number of halogens is 1. The average Bonchev–Trinajstić information content (AvgIpc) is 2.41. The van der Waals surface area contributed by atoms with Crippen LogP contribution in [0.5, 0.6) is 11.5 Å². The van der Waals surface area contributed by atoms with Crippen molar-refractivity contribution in [3.63, 3.8) is 0 Å². The van der Waals surface area contributed by atoms with Crippen LogP contribution in [0.15, 0.2) is 12.1 Å². The quantitative estimate of drug-likeness (QED) is 0.769. The first-order valence-electron chi connectivity index (χ1n) is 6.37. The van der Waals surface area contributed by atoms with Gasteiger partial charge < -0.3 is 14.4 Å². The van der Waals surface area contributed by atoms with Crippen LogP contribution in [0.3, 0.4) is 0 Å². The number of piperidine rings is 1. The van der Waals surface area contributed by atoms with Crippen molar-refractivity contribution in [3.8, 4) is 11.5 Å². The Bertz CT molecular complexity index is 463. The van der Waals surface area contributed by atoms with Gasteiger partial charge in [0, 0.05) is 30.2 Å². The zero-order chi connectivity index (χ0) is 12.7. The van der Waals surface area contributed by atoms with E-state index >= 15 is 0 Å². The van der Waals surface area contributed by atoms with Crippen molar-refractivity contribution in [2.45, 2.75) is 18.2 Å². The second-order valence-electron chi connectivity index (χ2n) is 5.05. The van der Waals surface area contributed by atoms with Crippen molar-refractivity contribution in [1.29, 1.82) is 0 Å². The number of nitrogens with zero attached hydrogens (tertiary/aromatic N) is 1. The van der Waals surface area contributed by atoms with Crippen molar-refractivity contribution in [1.82, 2.24) is 0 Å². The molecule has 2 aliphatic rings. The van der Waals surface area contributed by atoms with Gasteiger partial charge in [0.1, 0.15) is 0 Å². The number of hydrogen-bond donors (Lipinski definition) is 0. The van der Waals surface area contributed by atoms with Crippen LogP contribution in [0, 0.1) is 5.92 Å². The Labute approximate surface area is 113 Å². The van der Waals surface area contributed by atoms with E-state index in [-0.39, 0.29) is 0 Å². The number of ether oxygens (including phenoxy) is 2. The molecule has 4 heteroatoms. The minimum atomic E-state index is 0.308. The van der Waals surface area contributed by atoms with Gasteiger partial charge in [0.15, 0.2) is 11.5 Å². The van der Waals surface area contributed by atoms with E-state index in [4.69, 9.17) is 21.1 Å². The predicted octanol–water partition coefficient (Wildman–Crippen LogP) is 2.69. The molecule has 1 aromatic carbocycles.